The van der Waals surface area contributed by atoms with Gasteiger partial charge in [0.25, 0.3) is 5.91 Å². The van der Waals surface area contributed by atoms with Crippen LogP contribution in [0.1, 0.15) is 67.2 Å². The van der Waals surface area contributed by atoms with Gasteiger partial charge >= 0.3 is 0 Å². The van der Waals surface area contributed by atoms with Crippen molar-refractivity contribution < 1.29 is 4.79 Å². The number of carbonyl (C=O) groups is 1. The summed E-state index contributed by atoms with van der Waals surface area (Å²) in [5.41, 5.74) is 1.49. The third kappa shape index (κ3) is 3.02. The van der Waals surface area contributed by atoms with E-state index in [-0.39, 0.29) is 11.8 Å². The minimum Gasteiger partial charge on any atom is -0.337 e. The smallest absolute Gasteiger partial charge is 0.274 e. The Bertz CT molecular complexity index is 805. The molecule has 5 heteroatoms. The Hall–Kier alpha value is -2.35. The number of hydrogen-bond donors (Lipinski definition) is 0. The Balaban J connectivity index is 1.65. The molecule has 2 fully saturated rings. The summed E-state index contributed by atoms with van der Waals surface area (Å²) in [7, 11) is 0. The summed E-state index contributed by atoms with van der Waals surface area (Å²) in [6.45, 7) is 1.31. The maximum atomic E-state index is 13.1. The van der Waals surface area contributed by atoms with E-state index in [1.807, 2.05) is 29.3 Å². The average Bonchev–Trinajstić information content (AvgIpc) is 3.08. The summed E-state index contributed by atoms with van der Waals surface area (Å²) in [6.07, 6.45) is 9.69. The minimum absolute atomic E-state index is 0.0159. The molecule has 2 aromatic rings. The second-order valence-electron chi connectivity index (χ2n) is 7.30. The molecule has 2 aromatic heterocycles. The number of piperidine rings is 1. The molecule has 2 aliphatic rings. The third-order valence-corrected chi connectivity index (χ3v) is 5.71. The molecular weight excluding hydrogens is 312 g/mol. The molecule has 0 spiro atoms. The summed E-state index contributed by atoms with van der Waals surface area (Å²) >= 11 is 0. The normalized spacial score (nSPS) is 19.9. The maximum absolute atomic E-state index is 13.1. The molecule has 0 atom stereocenters. The molecule has 1 aliphatic carbocycles. The Labute approximate surface area is 148 Å². The van der Waals surface area contributed by atoms with Crippen molar-refractivity contribution in [2.24, 2.45) is 5.92 Å². The first-order valence-electron chi connectivity index (χ1n) is 9.44. The summed E-state index contributed by atoms with van der Waals surface area (Å²) in [5.74, 6) is 1.60. The molecule has 1 aliphatic heterocycles. The Morgan fingerprint density at radius 3 is 2.60 bits per heavy atom. The molecule has 0 unspecified atom stereocenters. The lowest BCUT2D eigenvalue weighted by molar-refractivity contribution is 0.0703. The highest BCUT2D eigenvalue weighted by Gasteiger charge is 2.29. The van der Waals surface area contributed by atoms with Crippen molar-refractivity contribution in [3.63, 3.8) is 0 Å². The van der Waals surface area contributed by atoms with Crippen LogP contribution in [-0.2, 0) is 0 Å². The fourth-order valence-electron chi connectivity index (χ4n) is 4.23. The molecule has 0 bridgehead atoms. The van der Waals surface area contributed by atoms with Gasteiger partial charge in [0.1, 0.15) is 5.82 Å². The van der Waals surface area contributed by atoms with Crippen molar-refractivity contribution in [2.45, 2.75) is 50.9 Å². The van der Waals surface area contributed by atoms with Gasteiger partial charge in [-0.2, -0.15) is 5.26 Å². The van der Waals surface area contributed by atoms with Crippen LogP contribution in [0.4, 0.5) is 0 Å². The first-order chi connectivity index (χ1) is 12.3. The zero-order chi connectivity index (χ0) is 17.2. The van der Waals surface area contributed by atoms with E-state index < -0.39 is 0 Å². The molecule has 25 heavy (non-hydrogen) atoms. The van der Waals surface area contributed by atoms with Crippen LogP contribution in [0.5, 0.6) is 0 Å². The van der Waals surface area contributed by atoms with E-state index >= 15 is 0 Å². The van der Waals surface area contributed by atoms with E-state index in [0.29, 0.717) is 24.7 Å². The maximum Gasteiger partial charge on any atom is 0.274 e. The Morgan fingerprint density at radius 2 is 1.88 bits per heavy atom. The predicted molar refractivity (Wildman–Crippen MR) is 95.3 cm³/mol. The van der Waals surface area contributed by atoms with Gasteiger partial charge < -0.3 is 9.30 Å². The van der Waals surface area contributed by atoms with Crippen molar-refractivity contribution in [1.82, 2.24) is 14.3 Å². The fraction of sp³-hybridized carbons (Fsp3) is 0.550. The number of rotatable bonds is 2. The van der Waals surface area contributed by atoms with Crippen LogP contribution >= 0.6 is 0 Å². The van der Waals surface area contributed by atoms with Crippen molar-refractivity contribution in [1.29, 1.82) is 5.26 Å². The van der Waals surface area contributed by atoms with Crippen molar-refractivity contribution in [3.8, 4) is 6.07 Å². The van der Waals surface area contributed by atoms with E-state index in [2.05, 4.69) is 10.5 Å². The van der Waals surface area contributed by atoms with Gasteiger partial charge in [0, 0.05) is 31.1 Å². The second-order valence-corrected chi connectivity index (χ2v) is 7.30. The van der Waals surface area contributed by atoms with Crippen molar-refractivity contribution in [2.75, 3.05) is 13.1 Å². The number of carbonyl (C=O) groups excluding carboxylic acids is 1. The highest BCUT2D eigenvalue weighted by Crippen LogP contribution is 2.33. The highest BCUT2D eigenvalue weighted by atomic mass is 16.2. The van der Waals surface area contributed by atoms with Crippen LogP contribution in [0.15, 0.2) is 24.4 Å². The zero-order valence-electron chi connectivity index (χ0n) is 14.5. The highest BCUT2D eigenvalue weighted by molar-refractivity contribution is 5.99. The lowest BCUT2D eigenvalue weighted by Crippen LogP contribution is -2.38. The number of pyridine rings is 1. The molecule has 130 valence electrons. The molecule has 0 aromatic carbocycles. The van der Waals surface area contributed by atoms with E-state index in [0.717, 1.165) is 37.0 Å². The van der Waals surface area contributed by atoms with Crippen molar-refractivity contribution >= 4 is 11.4 Å². The minimum atomic E-state index is 0.0159. The number of likely N-dealkylation sites (tertiary alicyclic amines) is 1. The van der Waals surface area contributed by atoms with Gasteiger partial charge in [-0.3, -0.25) is 4.79 Å². The van der Waals surface area contributed by atoms with Crippen molar-refractivity contribution in [3.05, 3.63) is 35.9 Å². The number of imidazole rings is 1. The summed E-state index contributed by atoms with van der Waals surface area (Å²) < 4.78 is 2.12. The molecule has 4 rings (SSSR count). The van der Waals surface area contributed by atoms with Gasteiger partial charge in [-0.1, -0.05) is 25.3 Å². The predicted octanol–water partition coefficient (Wildman–Crippen LogP) is 3.76. The number of nitrogens with zero attached hydrogens (tertiary/aromatic N) is 4. The summed E-state index contributed by atoms with van der Waals surface area (Å²) in [4.78, 5) is 19.8. The SMILES string of the molecule is N#CC1CCN(C(=O)c2nc(C3CCCCC3)n3ccccc23)CC1. The monoisotopic (exact) mass is 336 g/mol. The van der Waals surface area contributed by atoms with Gasteiger partial charge in [0.15, 0.2) is 5.69 Å². The molecule has 5 nitrogen and oxygen atoms in total. The Morgan fingerprint density at radius 1 is 1.12 bits per heavy atom. The van der Waals surface area contributed by atoms with Crippen LogP contribution in [0.3, 0.4) is 0 Å². The molecule has 0 radical (unpaired) electrons. The summed E-state index contributed by atoms with van der Waals surface area (Å²) in [5, 5.41) is 9.05. The van der Waals surface area contributed by atoms with Crippen LogP contribution in [0.2, 0.25) is 0 Å². The molecule has 1 saturated heterocycles. The van der Waals surface area contributed by atoms with Crippen LogP contribution in [0.25, 0.3) is 5.52 Å². The number of hydrogen-bond acceptors (Lipinski definition) is 3. The van der Waals surface area contributed by atoms with Gasteiger partial charge in [0.2, 0.25) is 0 Å². The second kappa shape index (κ2) is 6.87. The topological polar surface area (TPSA) is 61.4 Å². The number of nitriles is 1. The average molecular weight is 336 g/mol. The third-order valence-electron chi connectivity index (χ3n) is 5.71. The molecule has 3 heterocycles. The molecule has 0 N–H and O–H groups in total. The van der Waals surface area contributed by atoms with Gasteiger partial charge in [-0.05, 0) is 37.8 Å². The van der Waals surface area contributed by atoms with Gasteiger partial charge in [-0.15, -0.1) is 0 Å². The standard InChI is InChI=1S/C20H24N4O/c21-14-15-9-12-23(13-10-15)20(25)18-17-8-4-5-11-24(17)19(22-18)16-6-2-1-3-7-16/h4-5,8,11,15-16H,1-3,6-7,9-10,12-13H2. The fourth-order valence-corrected chi connectivity index (χ4v) is 4.23. The van der Waals surface area contributed by atoms with Gasteiger partial charge in [0.05, 0.1) is 11.6 Å². The first kappa shape index (κ1) is 16.1. The Kier molecular flexibility index (Phi) is 4.44. The molecule has 1 saturated carbocycles. The lowest BCUT2D eigenvalue weighted by Gasteiger charge is -2.28. The van der Waals surface area contributed by atoms with E-state index in [9.17, 15) is 4.79 Å². The quantitative estimate of drug-likeness (QED) is 0.839. The first-order valence-corrected chi connectivity index (χ1v) is 9.44. The zero-order valence-corrected chi connectivity index (χ0v) is 14.5. The van der Waals surface area contributed by atoms with E-state index in [1.54, 1.807) is 0 Å². The van der Waals surface area contributed by atoms with E-state index in [4.69, 9.17) is 10.2 Å². The largest absolute Gasteiger partial charge is 0.337 e. The lowest BCUT2D eigenvalue weighted by atomic mass is 9.89. The van der Waals surface area contributed by atoms with Crippen LogP contribution < -0.4 is 0 Å². The number of aromatic nitrogens is 2. The number of fused-ring (bicyclic) bond motifs is 1. The molecule has 1 amide bonds. The van der Waals surface area contributed by atoms with E-state index in [1.165, 1.54) is 19.3 Å². The van der Waals surface area contributed by atoms with Crippen LogP contribution in [-0.4, -0.2) is 33.3 Å². The van der Waals surface area contributed by atoms with Gasteiger partial charge in [-0.25, -0.2) is 4.98 Å². The number of amides is 1. The van der Waals surface area contributed by atoms with Crippen LogP contribution in [0, 0.1) is 17.2 Å². The molecular formula is C20H24N4O. The summed E-state index contributed by atoms with van der Waals surface area (Å²) in [6, 6.07) is 8.30.